The van der Waals surface area contributed by atoms with Crippen LogP contribution in [-0.4, -0.2) is 52.6 Å². The molecule has 134 valence electrons. The minimum Gasteiger partial charge on any atom is -0.370 e. The van der Waals surface area contributed by atoms with Gasteiger partial charge in [-0.15, -0.1) is 0 Å². The Bertz CT molecular complexity index is 674. The number of nitrogens with zero attached hydrogens (tertiary/aromatic N) is 1. The molecule has 0 radical (unpaired) electrons. The van der Waals surface area contributed by atoms with Crippen molar-refractivity contribution in [2.75, 3.05) is 36.4 Å². The number of hydrogen-bond acceptors (Lipinski definition) is 4. The Labute approximate surface area is 137 Å². The summed E-state index contributed by atoms with van der Waals surface area (Å²) in [6, 6.07) is 5.99. The fraction of sp³-hybridized carbons (Fsp3) is 0.500. The number of rotatable bonds is 6. The van der Waals surface area contributed by atoms with E-state index < -0.39 is 28.7 Å². The average molecular weight is 366 g/mol. The number of carbonyl (C=O) groups excluding carboxylic acids is 1. The largest absolute Gasteiger partial charge is 0.411 e. The third kappa shape index (κ3) is 5.10. The van der Waals surface area contributed by atoms with Crippen molar-refractivity contribution in [3.8, 4) is 0 Å². The van der Waals surface area contributed by atoms with E-state index in [4.69, 9.17) is 0 Å². The van der Waals surface area contributed by atoms with E-state index in [1.165, 1.54) is 28.6 Å². The Morgan fingerprint density at radius 1 is 1.25 bits per heavy atom. The quantitative estimate of drug-likeness (QED) is 0.775. The molecule has 10 heteroatoms. The highest BCUT2D eigenvalue weighted by Gasteiger charge is 2.28. The molecule has 0 aromatic heterocycles. The van der Waals surface area contributed by atoms with Crippen LogP contribution in [0.15, 0.2) is 24.3 Å². The predicted octanol–water partition coefficient (Wildman–Crippen LogP) is 1.54. The van der Waals surface area contributed by atoms with E-state index in [0.717, 1.165) is 0 Å². The summed E-state index contributed by atoms with van der Waals surface area (Å²) < 4.78 is 64.9. The summed E-state index contributed by atoms with van der Waals surface area (Å²) in [7, 11) is -3.28. The Hall–Kier alpha value is -1.81. The molecule has 1 amide bonds. The SMILES string of the molecule is O=C(NCCOCC(F)(F)F)c1ccc(N2CCCS2(=O)=O)cc1. The lowest BCUT2D eigenvalue weighted by Gasteiger charge is -2.17. The molecular formula is C14H17F3N2O4S. The molecule has 0 atom stereocenters. The smallest absolute Gasteiger partial charge is 0.370 e. The van der Waals surface area contributed by atoms with Crippen LogP contribution in [0.1, 0.15) is 16.8 Å². The number of benzene rings is 1. The summed E-state index contributed by atoms with van der Waals surface area (Å²) in [4.78, 5) is 11.8. The Morgan fingerprint density at radius 3 is 2.46 bits per heavy atom. The zero-order valence-corrected chi connectivity index (χ0v) is 13.5. The highest BCUT2D eigenvalue weighted by Crippen LogP contribution is 2.24. The maximum Gasteiger partial charge on any atom is 0.411 e. The number of ether oxygens (including phenoxy) is 1. The van der Waals surface area contributed by atoms with E-state index in [1.807, 2.05) is 0 Å². The number of carbonyl (C=O) groups is 1. The lowest BCUT2D eigenvalue weighted by molar-refractivity contribution is -0.173. The molecule has 1 aliphatic heterocycles. The molecule has 0 unspecified atom stereocenters. The summed E-state index contributed by atoms with van der Waals surface area (Å²) in [6.07, 6.45) is -3.84. The van der Waals surface area contributed by atoms with E-state index in [-0.39, 0.29) is 24.5 Å². The topological polar surface area (TPSA) is 75.7 Å². The van der Waals surface area contributed by atoms with Gasteiger partial charge in [-0.1, -0.05) is 0 Å². The molecule has 0 saturated carbocycles. The van der Waals surface area contributed by atoms with Crippen LogP contribution in [0.3, 0.4) is 0 Å². The van der Waals surface area contributed by atoms with Gasteiger partial charge in [-0.05, 0) is 30.7 Å². The first-order valence-electron chi connectivity index (χ1n) is 7.22. The molecule has 6 nitrogen and oxygen atoms in total. The zero-order chi connectivity index (χ0) is 17.8. The van der Waals surface area contributed by atoms with E-state index in [9.17, 15) is 26.4 Å². The fourth-order valence-electron chi connectivity index (χ4n) is 2.24. The van der Waals surface area contributed by atoms with Gasteiger partial charge in [0, 0.05) is 18.7 Å². The van der Waals surface area contributed by atoms with Gasteiger partial charge in [0.25, 0.3) is 5.91 Å². The van der Waals surface area contributed by atoms with Gasteiger partial charge < -0.3 is 10.1 Å². The van der Waals surface area contributed by atoms with Gasteiger partial charge >= 0.3 is 6.18 Å². The fourth-order valence-corrected chi connectivity index (χ4v) is 3.80. The van der Waals surface area contributed by atoms with Gasteiger partial charge in [0.15, 0.2) is 0 Å². The molecule has 1 aromatic carbocycles. The molecule has 1 heterocycles. The van der Waals surface area contributed by atoms with Crippen molar-refractivity contribution in [1.29, 1.82) is 0 Å². The van der Waals surface area contributed by atoms with Crippen LogP contribution in [0.25, 0.3) is 0 Å². The van der Waals surface area contributed by atoms with Crippen LogP contribution in [0.5, 0.6) is 0 Å². The van der Waals surface area contributed by atoms with E-state index >= 15 is 0 Å². The maximum absolute atomic E-state index is 11.9. The van der Waals surface area contributed by atoms with Gasteiger partial charge in [-0.3, -0.25) is 9.10 Å². The predicted molar refractivity (Wildman–Crippen MR) is 81.4 cm³/mol. The molecule has 0 aliphatic carbocycles. The lowest BCUT2D eigenvalue weighted by atomic mass is 10.2. The number of nitrogens with one attached hydrogen (secondary N) is 1. The van der Waals surface area contributed by atoms with E-state index in [0.29, 0.717) is 18.7 Å². The second-order valence-corrected chi connectivity index (χ2v) is 7.23. The first kappa shape index (κ1) is 18.5. The van der Waals surface area contributed by atoms with Crippen molar-refractivity contribution in [2.24, 2.45) is 0 Å². The van der Waals surface area contributed by atoms with E-state index in [1.54, 1.807) is 0 Å². The molecule has 0 spiro atoms. The standard InChI is InChI=1S/C14H17F3N2O4S/c15-14(16,17)10-23-8-6-18-13(20)11-2-4-12(5-3-11)19-7-1-9-24(19,21)22/h2-5H,1,6-10H2,(H,18,20). The minimum atomic E-state index is -4.39. The van der Waals surface area contributed by atoms with Crippen molar-refractivity contribution in [2.45, 2.75) is 12.6 Å². The third-order valence-corrected chi connectivity index (χ3v) is 5.18. The van der Waals surface area contributed by atoms with Crippen LogP contribution in [0, 0.1) is 0 Å². The third-order valence-electron chi connectivity index (χ3n) is 3.31. The molecule has 1 aliphatic rings. The molecule has 24 heavy (non-hydrogen) atoms. The molecule has 1 fully saturated rings. The second-order valence-electron chi connectivity index (χ2n) is 5.21. The summed E-state index contributed by atoms with van der Waals surface area (Å²) in [6.45, 7) is -1.27. The number of hydrogen-bond donors (Lipinski definition) is 1. The first-order valence-corrected chi connectivity index (χ1v) is 8.83. The normalized spacial score (nSPS) is 17.0. The van der Waals surface area contributed by atoms with Crippen LogP contribution in [-0.2, 0) is 14.8 Å². The van der Waals surface area contributed by atoms with Crippen LogP contribution in [0.4, 0.5) is 18.9 Å². The van der Waals surface area contributed by atoms with E-state index in [2.05, 4.69) is 10.1 Å². The van der Waals surface area contributed by atoms with Crippen molar-refractivity contribution >= 4 is 21.6 Å². The van der Waals surface area contributed by atoms with Gasteiger partial charge in [0.05, 0.1) is 18.0 Å². The highest BCUT2D eigenvalue weighted by molar-refractivity contribution is 7.93. The maximum atomic E-state index is 11.9. The Balaban J connectivity index is 1.83. The molecule has 0 bridgehead atoms. The Morgan fingerprint density at radius 2 is 1.92 bits per heavy atom. The monoisotopic (exact) mass is 366 g/mol. The second kappa shape index (κ2) is 7.39. The molecular weight excluding hydrogens is 349 g/mol. The molecule has 2 rings (SSSR count). The number of amides is 1. The van der Waals surface area contributed by atoms with Crippen molar-refractivity contribution in [1.82, 2.24) is 5.32 Å². The molecule has 1 N–H and O–H groups in total. The zero-order valence-electron chi connectivity index (χ0n) is 12.7. The summed E-state index contributed by atoms with van der Waals surface area (Å²) >= 11 is 0. The van der Waals surface area contributed by atoms with Crippen molar-refractivity contribution < 1.29 is 31.1 Å². The first-order chi connectivity index (χ1) is 11.2. The van der Waals surface area contributed by atoms with Crippen LogP contribution in [0.2, 0.25) is 0 Å². The number of alkyl halides is 3. The summed E-state index contributed by atoms with van der Waals surface area (Å²) in [5.41, 5.74) is 0.767. The van der Waals surface area contributed by atoms with Gasteiger partial charge in [-0.2, -0.15) is 13.2 Å². The lowest BCUT2D eigenvalue weighted by Crippen LogP contribution is -2.29. The van der Waals surface area contributed by atoms with Crippen molar-refractivity contribution in [3.63, 3.8) is 0 Å². The van der Waals surface area contributed by atoms with Crippen molar-refractivity contribution in [3.05, 3.63) is 29.8 Å². The van der Waals surface area contributed by atoms with Crippen LogP contribution >= 0.6 is 0 Å². The summed E-state index contributed by atoms with van der Waals surface area (Å²) in [5.74, 6) is -0.367. The summed E-state index contributed by atoms with van der Waals surface area (Å²) in [5, 5.41) is 2.43. The number of sulfonamides is 1. The Kier molecular flexibility index (Phi) is 5.70. The molecule has 1 aromatic rings. The molecule has 1 saturated heterocycles. The average Bonchev–Trinajstić information content (AvgIpc) is 2.85. The van der Waals surface area contributed by atoms with Crippen LogP contribution < -0.4 is 9.62 Å². The number of anilines is 1. The van der Waals surface area contributed by atoms with Gasteiger partial charge in [0.1, 0.15) is 6.61 Å². The van der Waals surface area contributed by atoms with Gasteiger partial charge in [-0.25, -0.2) is 8.42 Å². The highest BCUT2D eigenvalue weighted by atomic mass is 32.2. The number of halogens is 3. The van der Waals surface area contributed by atoms with Gasteiger partial charge in [0.2, 0.25) is 10.0 Å². The minimum absolute atomic E-state index is 0.0584.